The van der Waals surface area contributed by atoms with E-state index in [9.17, 15) is 29.4 Å². The van der Waals surface area contributed by atoms with Crippen LogP contribution in [-0.4, -0.2) is 142 Å². The van der Waals surface area contributed by atoms with Gasteiger partial charge in [-0.1, -0.05) is 167 Å². The van der Waals surface area contributed by atoms with Crippen LogP contribution in [0.15, 0.2) is 197 Å². The van der Waals surface area contributed by atoms with Gasteiger partial charge in [0.2, 0.25) is 5.78 Å². The Labute approximate surface area is 691 Å². The normalized spacial score (nSPS) is 12.5. The minimum absolute atomic E-state index is 0. The van der Waals surface area contributed by atoms with Crippen LogP contribution in [0.2, 0.25) is 51.4 Å². The Balaban J connectivity index is 0.000000149. The van der Waals surface area contributed by atoms with Gasteiger partial charge in [-0.15, -0.1) is 34.0 Å². The third kappa shape index (κ3) is 15.9. The van der Waals surface area contributed by atoms with Gasteiger partial charge in [0.1, 0.15) is 52.2 Å². The SMILES string of the molecule is Cn1c2nc(C(=O)c3ccccc3)sc2c2cnn(Cc3cccc4c3cnn4COCC[Si](C)(C)C)c(=O)c21.Cn1c2nc(C(O)c3ccccc3)sc2c2cnn(Cc3cccc4[nH]ncc34)c(=O)c21.Cn1c2nc(C(O)c3ccccc3)sc2c2cnn(Cc3cccc4c3cnn4COCC[Si](C)(C)C)c(=O)c21.[B].[H-].[Na+]. The van der Waals surface area contributed by atoms with E-state index in [4.69, 9.17) is 14.5 Å². The second-order valence-electron chi connectivity index (χ2n) is 30.1. The van der Waals surface area contributed by atoms with Crippen LogP contribution in [0.25, 0.3) is 96.5 Å². The maximum Gasteiger partial charge on any atom is 1.00 e. The number of hydrogen-bond donors (Lipinski definition) is 3. The van der Waals surface area contributed by atoms with Gasteiger partial charge in [-0.05, 0) is 58.1 Å². The molecule has 6 aromatic carbocycles. The molecule has 114 heavy (non-hydrogen) atoms. The maximum atomic E-state index is 13.6. The zero-order chi connectivity index (χ0) is 77.9. The van der Waals surface area contributed by atoms with Crippen LogP contribution in [0.5, 0.6) is 0 Å². The molecule has 0 aliphatic rings. The Hall–Kier alpha value is -10.3. The summed E-state index contributed by atoms with van der Waals surface area (Å²) in [5.74, 6) is -0.133. The molecule has 18 rings (SSSR count). The van der Waals surface area contributed by atoms with Crippen molar-refractivity contribution in [2.45, 2.75) is 96.7 Å². The molecule has 0 fully saturated rings. The summed E-state index contributed by atoms with van der Waals surface area (Å²) in [6.45, 7) is 17.2. The monoisotopic (exact) mass is 1620 g/mol. The summed E-state index contributed by atoms with van der Waals surface area (Å²) in [6, 6.07) is 48.0. The quantitative estimate of drug-likeness (QED) is 0.0323. The third-order valence-corrected chi connectivity index (χ3v) is 26.8. The van der Waals surface area contributed by atoms with Gasteiger partial charge in [0.15, 0.2) is 21.9 Å². The van der Waals surface area contributed by atoms with Crippen molar-refractivity contribution in [2.75, 3.05) is 13.2 Å². The number of aryl methyl sites for hydroxylation is 3. The molecular weight excluding hydrogens is 1540 g/mol. The number of thiazole rings is 3. The van der Waals surface area contributed by atoms with Gasteiger partial charge in [0.25, 0.3) is 16.7 Å². The molecule has 2 unspecified atom stereocenters. The smallest absolute Gasteiger partial charge is 1.00 e. The van der Waals surface area contributed by atoms with Gasteiger partial charge in [-0.3, -0.25) is 24.3 Å². The van der Waals surface area contributed by atoms with Gasteiger partial charge in [0, 0.05) is 96.8 Å². The summed E-state index contributed by atoms with van der Waals surface area (Å²) in [4.78, 5) is 67.5. The van der Waals surface area contributed by atoms with Crippen molar-refractivity contribution in [1.29, 1.82) is 0 Å². The van der Waals surface area contributed by atoms with E-state index >= 15 is 0 Å². The number of nitrogens with zero attached hydrogens (tertiary/aromatic N) is 17. The number of nitrogens with one attached hydrogen (secondary N) is 1. The van der Waals surface area contributed by atoms with Gasteiger partial charge < -0.3 is 34.8 Å². The molecule has 2 atom stereocenters. The Bertz CT molecular complexity index is 6780. The summed E-state index contributed by atoms with van der Waals surface area (Å²) in [6.07, 6.45) is 8.92. The van der Waals surface area contributed by atoms with E-state index in [0.29, 0.717) is 92.6 Å². The number of ketones is 1. The van der Waals surface area contributed by atoms with E-state index in [1.807, 2.05) is 169 Å². The molecule has 0 bridgehead atoms. The van der Waals surface area contributed by atoms with Crippen molar-refractivity contribution in [3.8, 4) is 0 Å². The molecule has 12 aromatic heterocycles. The first kappa shape index (κ1) is 80.3. The van der Waals surface area contributed by atoms with E-state index in [-0.39, 0.29) is 61.9 Å². The first-order valence-electron chi connectivity index (χ1n) is 36.6. The Kier molecular flexibility index (Phi) is 23.4. The average molecular weight is 1620 g/mol. The van der Waals surface area contributed by atoms with Crippen LogP contribution in [0, 0.1) is 0 Å². The van der Waals surface area contributed by atoms with Crippen molar-refractivity contribution >= 4 is 161 Å². The van der Waals surface area contributed by atoms with Crippen molar-refractivity contribution in [1.82, 2.24) is 87.8 Å². The van der Waals surface area contributed by atoms with Crippen molar-refractivity contribution in [2.24, 2.45) is 21.1 Å². The van der Waals surface area contributed by atoms with E-state index in [0.717, 1.165) is 111 Å². The van der Waals surface area contributed by atoms with E-state index in [2.05, 4.69) is 84.9 Å². The summed E-state index contributed by atoms with van der Waals surface area (Å²) in [5.41, 5.74) is 10.8. The second-order valence-corrected chi connectivity index (χ2v) is 44.4. The predicted molar refractivity (Wildman–Crippen MR) is 453 cm³/mol. The number of aliphatic hydroxyl groups excluding tert-OH is 2. The molecule has 573 valence electrons. The Morgan fingerprint density at radius 2 is 0.825 bits per heavy atom. The molecule has 0 saturated carbocycles. The average Bonchev–Trinajstić information content (AvgIpc) is 1.59. The van der Waals surface area contributed by atoms with Crippen LogP contribution in [0.3, 0.4) is 0 Å². The second kappa shape index (κ2) is 33.2. The van der Waals surface area contributed by atoms with E-state index in [1.54, 1.807) is 57.7 Å². The standard InChI is InChI=1S/C29H32N6O3SSi.C29H30N6O3SSi.C23H18N6O2S.B.Na.H/c2*1-33-24-22(26-27(33)32-28(39-26)25(36)19-9-6-5-7-10-19)16-30-34(29(24)37)17-20-11-8-12-23-21(20)15-31-35(23)18-38-13-14-40(2,3)4;1-28-18-16(20-21(28)26-22(32-20)19(30)13-6-3-2-4-7-13)11-25-29(23(18)31)12-14-8-5-9-17-15(14)10-24-27-17;;;/h5-12,15-16,25,36H,13-14,17-18H2,1-4H3;5-12,15-16H,13-14,17-18H2,1-4H3;2-11,19,30H,12H2,1H3,(H,24,27);;;/q;;;;+1;-1. The number of fused-ring (bicyclic) bond motifs is 12. The number of carbonyl (C=O) groups excluding carboxylic acids is 1. The largest absolute Gasteiger partial charge is 1.00 e. The minimum Gasteiger partial charge on any atom is -1.00 e. The first-order valence-corrected chi connectivity index (χ1v) is 46.4. The number of aromatic nitrogens is 18. The Morgan fingerprint density at radius 1 is 0.456 bits per heavy atom. The molecular formula is C81H81BN18NaO8S3Si2. The van der Waals surface area contributed by atoms with E-state index in [1.165, 1.54) is 48.1 Å². The molecule has 12 heterocycles. The van der Waals surface area contributed by atoms with Gasteiger partial charge in [0.05, 0.1) is 87.5 Å². The number of ether oxygens (including phenoxy) is 2. The van der Waals surface area contributed by atoms with Crippen LogP contribution in [0.1, 0.15) is 66.8 Å². The number of aromatic amines is 1. The van der Waals surface area contributed by atoms with Crippen molar-refractivity contribution in [3.05, 3.63) is 262 Å². The third-order valence-electron chi connectivity index (χ3n) is 20.0. The molecule has 0 saturated heterocycles. The number of hydrogen-bond acceptors (Lipinski definition) is 20. The van der Waals surface area contributed by atoms with Crippen LogP contribution in [0.4, 0.5) is 0 Å². The molecule has 3 N–H and O–H groups in total. The topological polar surface area (TPSA) is 298 Å². The Morgan fingerprint density at radius 3 is 1.25 bits per heavy atom. The molecule has 0 spiro atoms. The molecule has 0 aliphatic carbocycles. The maximum absolute atomic E-state index is 13.6. The first-order chi connectivity index (χ1) is 54.0. The fourth-order valence-electron chi connectivity index (χ4n) is 13.9. The summed E-state index contributed by atoms with van der Waals surface area (Å²) >= 11 is 4.07. The predicted octanol–water partition coefficient (Wildman–Crippen LogP) is 10.5. The molecule has 26 nitrogen and oxygen atoms in total. The number of benzene rings is 6. The van der Waals surface area contributed by atoms with Crippen molar-refractivity contribution in [3.63, 3.8) is 0 Å². The van der Waals surface area contributed by atoms with Crippen LogP contribution >= 0.6 is 34.0 Å². The molecule has 3 radical (unpaired) electrons. The number of rotatable bonds is 22. The van der Waals surface area contributed by atoms with Gasteiger partial charge in [-0.25, -0.2) is 38.4 Å². The van der Waals surface area contributed by atoms with E-state index < -0.39 is 28.4 Å². The summed E-state index contributed by atoms with van der Waals surface area (Å²) in [7, 11) is 3.15. The zero-order valence-corrected chi connectivity index (χ0v) is 71.0. The van der Waals surface area contributed by atoms with Crippen LogP contribution in [-0.2, 0) is 63.7 Å². The molecule has 33 heteroatoms. The summed E-state index contributed by atoms with van der Waals surface area (Å²) < 4.78 is 27.8. The fourth-order valence-corrected chi connectivity index (χ4v) is 18.7. The zero-order valence-electron chi connectivity index (χ0n) is 65.6. The molecule has 18 aromatic rings. The number of aliphatic hydroxyl groups is 2. The molecule has 0 aliphatic heterocycles. The van der Waals surface area contributed by atoms with Crippen LogP contribution < -0.4 is 46.2 Å². The number of H-pyrrole nitrogens is 1. The van der Waals surface area contributed by atoms with Gasteiger partial charge in [-0.2, -0.15) is 30.6 Å². The van der Waals surface area contributed by atoms with Crippen molar-refractivity contribution < 1.29 is 55.5 Å². The summed E-state index contributed by atoms with van der Waals surface area (Å²) in [5, 5.41) is 57.9. The molecule has 0 amide bonds. The van der Waals surface area contributed by atoms with Gasteiger partial charge >= 0.3 is 29.6 Å². The fraction of sp³-hybridized carbons (Fsp3) is 0.247. The minimum atomic E-state index is -1.16. The number of carbonyl (C=O) groups is 1.